The molecule has 410 valence electrons. The molecule has 6 N–H and O–H groups in total. The van der Waals surface area contributed by atoms with Gasteiger partial charge in [-0.05, 0) is 121 Å². The number of carbonyl (C=O) groups is 8. The van der Waals surface area contributed by atoms with Crippen LogP contribution in [0.1, 0.15) is 162 Å². The molecular formula is C60H82N8O8. The van der Waals surface area contributed by atoms with Crippen LogP contribution in [0.25, 0.3) is 0 Å². The number of hydrogen-bond acceptors (Lipinski definition) is 10. The van der Waals surface area contributed by atoms with Crippen LogP contribution in [0.2, 0.25) is 0 Å². The van der Waals surface area contributed by atoms with Gasteiger partial charge in [0.25, 0.3) is 0 Å². The fourth-order valence-corrected chi connectivity index (χ4v) is 11.9. The van der Waals surface area contributed by atoms with Crippen LogP contribution >= 0.6 is 0 Å². The first-order valence-electron chi connectivity index (χ1n) is 28.0. The summed E-state index contributed by atoms with van der Waals surface area (Å²) in [5, 5.41) is 18.2. The number of Topliss-reactive ketones (excluding diaryl/α,β-unsaturated/α-hetero) is 2. The van der Waals surface area contributed by atoms with Crippen molar-refractivity contribution < 1.29 is 38.4 Å². The second-order valence-corrected chi connectivity index (χ2v) is 22.1. The Hall–Kier alpha value is -6.26. The molecule has 0 spiro atoms. The lowest BCUT2D eigenvalue weighted by Crippen LogP contribution is -2.58. The van der Waals surface area contributed by atoms with Gasteiger partial charge in [-0.3, -0.25) is 38.4 Å². The maximum absolute atomic E-state index is 14.9. The third kappa shape index (κ3) is 14.6. The van der Waals surface area contributed by atoms with E-state index < -0.39 is 48.1 Å². The molecule has 2 aliphatic heterocycles. The van der Waals surface area contributed by atoms with Gasteiger partial charge in [-0.1, -0.05) is 117 Å². The van der Waals surface area contributed by atoms with Gasteiger partial charge in [-0.25, -0.2) is 0 Å². The maximum atomic E-state index is 14.9. The molecule has 76 heavy (non-hydrogen) atoms. The third-order valence-electron chi connectivity index (χ3n) is 16.7. The first kappa shape index (κ1) is 57.4. The average molecular weight is 1040 g/mol. The fourth-order valence-electron chi connectivity index (χ4n) is 11.9. The zero-order valence-electron chi connectivity index (χ0n) is 45.5. The summed E-state index contributed by atoms with van der Waals surface area (Å²) in [5.74, 6) is -3.38. The van der Waals surface area contributed by atoms with Gasteiger partial charge in [-0.2, -0.15) is 0 Å². The summed E-state index contributed by atoms with van der Waals surface area (Å²) in [6.45, 7) is 7.52. The Balaban J connectivity index is 1.08. The molecule has 0 radical (unpaired) electrons. The molecule has 3 aromatic carbocycles. The lowest BCUT2D eigenvalue weighted by atomic mass is 9.83. The Morgan fingerprint density at radius 1 is 0.487 bits per heavy atom. The molecule has 0 aromatic heterocycles. The Morgan fingerprint density at radius 2 is 0.855 bits per heavy atom. The van der Waals surface area contributed by atoms with Crippen molar-refractivity contribution in [2.24, 2.45) is 23.7 Å². The van der Waals surface area contributed by atoms with Crippen molar-refractivity contribution in [3.05, 3.63) is 107 Å². The number of carbonyl (C=O) groups excluding carboxylic acids is 8. The van der Waals surface area contributed by atoms with Crippen LogP contribution in [-0.2, 0) is 28.8 Å². The molecule has 0 unspecified atom stereocenters. The van der Waals surface area contributed by atoms with Gasteiger partial charge in [0.05, 0.1) is 24.2 Å². The van der Waals surface area contributed by atoms with Crippen LogP contribution in [0.3, 0.4) is 0 Å². The molecule has 3 aromatic rings. The highest BCUT2D eigenvalue weighted by Gasteiger charge is 2.47. The number of nitrogens with zero attached hydrogens (tertiary/aromatic N) is 2. The highest BCUT2D eigenvalue weighted by molar-refractivity contribution is 6.02. The van der Waals surface area contributed by atoms with Crippen molar-refractivity contribution in [1.82, 2.24) is 41.7 Å². The maximum Gasteiger partial charge on any atom is 0.246 e. The molecule has 2 saturated carbocycles. The largest absolute Gasteiger partial charge is 0.348 e. The number of amides is 6. The van der Waals surface area contributed by atoms with Crippen molar-refractivity contribution in [1.29, 1.82) is 0 Å². The molecule has 4 fully saturated rings. The predicted octanol–water partition coefficient (Wildman–Crippen LogP) is 6.37. The monoisotopic (exact) mass is 1040 g/mol. The second kappa shape index (κ2) is 27.2. The van der Waals surface area contributed by atoms with E-state index in [-0.39, 0.29) is 110 Å². The second-order valence-electron chi connectivity index (χ2n) is 22.1. The van der Waals surface area contributed by atoms with E-state index in [0.29, 0.717) is 11.1 Å². The minimum absolute atomic E-state index is 0.0143. The standard InChI is InChI=1S/C60H82N8O8/c1-37(43-20-11-7-12-21-43)63-57(73)49-30-41(35-67(49)59(75)53(45-24-15-9-16-25-45)65-55(71)39(3)61-5)32-51(69)47-28-19-29-48(34-47)52(70)33-42-31-50(58(74)64-38(2)44-22-13-8-14-23-44)68(36-42)60(76)54(46-26-17-10-18-27-46)66-56(72)40(4)62-6/h7-8,11-14,19-23,28-29,34,37-42,45-46,49-50,53-54,61-62H,9-10,15-18,24-27,30-33,35-36H2,1-6H3,(H,63,73)(H,64,74)(H,65,71)(H,66,72)/t37-,38-,39+,40+,41-,42-,49+,50+,53+,54+/m1/s1. The van der Waals surface area contributed by atoms with E-state index in [1.165, 1.54) is 0 Å². The lowest BCUT2D eigenvalue weighted by Gasteiger charge is -2.35. The Kier molecular flexibility index (Phi) is 20.5. The van der Waals surface area contributed by atoms with Crippen molar-refractivity contribution in [3.63, 3.8) is 0 Å². The Bertz CT molecular complexity index is 2330. The predicted molar refractivity (Wildman–Crippen MR) is 292 cm³/mol. The van der Waals surface area contributed by atoms with Crippen molar-refractivity contribution >= 4 is 47.0 Å². The van der Waals surface area contributed by atoms with Gasteiger partial charge in [0, 0.05) is 37.1 Å². The molecule has 2 saturated heterocycles. The first-order chi connectivity index (χ1) is 36.6. The molecule has 6 amide bonds. The number of likely N-dealkylation sites (tertiary alicyclic amines) is 2. The highest BCUT2D eigenvalue weighted by Crippen LogP contribution is 2.35. The lowest BCUT2D eigenvalue weighted by molar-refractivity contribution is -0.143. The van der Waals surface area contributed by atoms with E-state index in [4.69, 9.17) is 0 Å². The molecule has 2 heterocycles. The number of rotatable bonds is 22. The van der Waals surface area contributed by atoms with E-state index in [0.717, 1.165) is 75.3 Å². The van der Waals surface area contributed by atoms with E-state index in [9.17, 15) is 38.4 Å². The van der Waals surface area contributed by atoms with E-state index in [1.807, 2.05) is 74.5 Å². The fraction of sp³-hybridized carbons (Fsp3) is 0.567. The van der Waals surface area contributed by atoms with Crippen LogP contribution in [0.4, 0.5) is 0 Å². The summed E-state index contributed by atoms with van der Waals surface area (Å²) in [7, 11) is 3.37. The molecule has 7 rings (SSSR count). The quantitative estimate of drug-likeness (QED) is 0.0612. The van der Waals surface area contributed by atoms with Gasteiger partial charge in [0.2, 0.25) is 35.4 Å². The highest BCUT2D eigenvalue weighted by atomic mass is 16.2. The molecule has 0 bridgehead atoms. The Labute approximate surface area is 449 Å². The molecular weight excluding hydrogens is 961 g/mol. The molecule has 4 aliphatic rings. The van der Waals surface area contributed by atoms with Crippen LogP contribution in [-0.4, -0.2) is 120 Å². The van der Waals surface area contributed by atoms with Gasteiger partial charge in [-0.15, -0.1) is 0 Å². The Morgan fingerprint density at radius 3 is 1.21 bits per heavy atom. The van der Waals surface area contributed by atoms with E-state index in [1.54, 1.807) is 62.0 Å². The van der Waals surface area contributed by atoms with Gasteiger partial charge >= 0.3 is 0 Å². The van der Waals surface area contributed by atoms with Crippen LogP contribution in [0, 0.1) is 23.7 Å². The summed E-state index contributed by atoms with van der Waals surface area (Å²) in [6, 6.07) is 20.5. The summed E-state index contributed by atoms with van der Waals surface area (Å²) in [6.07, 6.45) is 9.44. The number of likely N-dealkylation sites (N-methyl/N-ethyl adjacent to an activating group) is 2. The summed E-state index contributed by atoms with van der Waals surface area (Å²) in [5.41, 5.74) is 2.45. The number of ketones is 2. The van der Waals surface area contributed by atoms with E-state index >= 15 is 0 Å². The number of benzene rings is 3. The zero-order chi connectivity index (χ0) is 54.5. The summed E-state index contributed by atoms with van der Waals surface area (Å²) >= 11 is 0. The zero-order valence-corrected chi connectivity index (χ0v) is 45.5. The minimum atomic E-state index is -0.884. The first-order valence-corrected chi connectivity index (χ1v) is 28.0. The van der Waals surface area contributed by atoms with Gasteiger partial charge < -0.3 is 41.7 Å². The third-order valence-corrected chi connectivity index (χ3v) is 16.7. The van der Waals surface area contributed by atoms with Crippen molar-refractivity contribution in [2.45, 2.75) is 166 Å². The number of nitrogens with one attached hydrogen (secondary N) is 6. The molecule has 16 nitrogen and oxygen atoms in total. The van der Waals surface area contributed by atoms with Crippen LogP contribution in [0.15, 0.2) is 84.9 Å². The number of hydrogen-bond donors (Lipinski definition) is 6. The normalized spacial score (nSPS) is 22.6. The van der Waals surface area contributed by atoms with Crippen molar-refractivity contribution in [2.75, 3.05) is 27.2 Å². The smallest absolute Gasteiger partial charge is 0.246 e. The van der Waals surface area contributed by atoms with Gasteiger partial charge in [0.1, 0.15) is 24.2 Å². The van der Waals surface area contributed by atoms with E-state index in [2.05, 4.69) is 31.9 Å². The molecule has 16 heteroatoms. The SMILES string of the molecule is CN[C@@H](C)C(=O)N[C@H](C(=O)N1C[C@@H](CC(=O)c2cccc(C(=O)C[C@H]3C[C@@H](C(=O)N[C@H](C)c4ccccc4)N(C(=O)[C@@H](NC(=O)[C@H](C)NC)C4CCCCC4)C3)c2)C[C@H]1C(=O)N[C@H](C)c1ccccc1)C1CCCCC1. The summed E-state index contributed by atoms with van der Waals surface area (Å²) < 4.78 is 0. The topological polar surface area (TPSA) is 215 Å². The summed E-state index contributed by atoms with van der Waals surface area (Å²) in [4.78, 5) is 117. The van der Waals surface area contributed by atoms with Gasteiger partial charge in [0.15, 0.2) is 11.6 Å². The van der Waals surface area contributed by atoms with Crippen LogP contribution < -0.4 is 31.9 Å². The van der Waals surface area contributed by atoms with Crippen molar-refractivity contribution in [3.8, 4) is 0 Å². The molecule has 2 aliphatic carbocycles. The van der Waals surface area contributed by atoms with Crippen LogP contribution in [0.5, 0.6) is 0 Å². The minimum Gasteiger partial charge on any atom is -0.348 e. The molecule has 10 atom stereocenters. The average Bonchev–Trinajstić information content (AvgIpc) is 4.08.